The predicted octanol–water partition coefficient (Wildman–Crippen LogP) is 4.21. The van der Waals surface area contributed by atoms with E-state index in [2.05, 4.69) is 15.5 Å². The van der Waals surface area contributed by atoms with Gasteiger partial charge in [-0.25, -0.2) is 4.39 Å². The van der Waals surface area contributed by atoms with Crippen LogP contribution in [-0.4, -0.2) is 21.9 Å². The maximum atomic E-state index is 13.7. The van der Waals surface area contributed by atoms with E-state index in [9.17, 15) is 9.18 Å². The number of aryl methyl sites for hydroxylation is 1. The second kappa shape index (κ2) is 7.44. The molecule has 2 N–H and O–H groups in total. The van der Waals surface area contributed by atoms with Crippen molar-refractivity contribution < 1.29 is 13.9 Å². The molecular formula is C20H18FN3O2S. The third kappa shape index (κ3) is 3.68. The second-order valence-electron chi connectivity index (χ2n) is 6.30. The number of nitrogens with zero attached hydrogens (tertiary/aromatic N) is 1. The lowest BCUT2D eigenvalue weighted by Gasteiger charge is -2.16. The summed E-state index contributed by atoms with van der Waals surface area (Å²) in [7, 11) is 0. The molecule has 0 radical (unpaired) electrons. The van der Waals surface area contributed by atoms with Crippen LogP contribution in [0.1, 0.15) is 27.6 Å². The highest BCUT2D eigenvalue weighted by Crippen LogP contribution is 2.42. The monoisotopic (exact) mass is 383 g/mol. The van der Waals surface area contributed by atoms with E-state index < -0.39 is 0 Å². The van der Waals surface area contributed by atoms with Crippen molar-refractivity contribution in [3.63, 3.8) is 0 Å². The molecule has 2 aromatic carbocycles. The number of hydrogen-bond donors (Lipinski definition) is 2. The molecule has 7 heteroatoms. The van der Waals surface area contributed by atoms with Gasteiger partial charge in [0, 0.05) is 16.8 Å². The van der Waals surface area contributed by atoms with Crippen LogP contribution < -0.4 is 10.1 Å². The number of hydrogen-bond acceptors (Lipinski definition) is 4. The van der Waals surface area contributed by atoms with E-state index in [1.165, 1.54) is 6.07 Å². The highest BCUT2D eigenvalue weighted by molar-refractivity contribution is 8.00. The first kappa shape index (κ1) is 17.6. The SMILES string of the molecule is Cc1[nH]nc2c1[C@@H](c1ccc(OCc3ccccc3F)cc1)SCC(=O)N2. The van der Waals surface area contributed by atoms with E-state index >= 15 is 0 Å². The molecule has 1 aliphatic heterocycles. The summed E-state index contributed by atoms with van der Waals surface area (Å²) in [4.78, 5) is 11.9. The minimum absolute atomic E-state index is 0.00156. The average Bonchev–Trinajstić information content (AvgIpc) is 2.93. The topological polar surface area (TPSA) is 67.0 Å². The van der Waals surface area contributed by atoms with E-state index in [1.807, 2.05) is 31.2 Å². The summed E-state index contributed by atoms with van der Waals surface area (Å²) < 4.78 is 19.4. The van der Waals surface area contributed by atoms with Gasteiger partial charge in [-0.3, -0.25) is 9.89 Å². The van der Waals surface area contributed by atoms with Gasteiger partial charge >= 0.3 is 0 Å². The number of thioether (sulfide) groups is 1. The fraction of sp³-hybridized carbons (Fsp3) is 0.200. The fourth-order valence-corrected chi connectivity index (χ4v) is 4.24. The molecule has 0 bridgehead atoms. The summed E-state index contributed by atoms with van der Waals surface area (Å²) in [6, 6.07) is 14.3. The number of carbonyl (C=O) groups excluding carboxylic acids is 1. The molecule has 5 nitrogen and oxygen atoms in total. The van der Waals surface area contributed by atoms with Crippen molar-refractivity contribution in [3.05, 3.63) is 76.7 Å². The van der Waals surface area contributed by atoms with Crippen molar-refractivity contribution in [3.8, 4) is 5.75 Å². The Morgan fingerprint density at radius 3 is 2.78 bits per heavy atom. The van der Waals surface area contributed by atoms with Crippen LogP contribution in [0.5, 0.6) is 5.75 Å². The van der Waals surface area contributed by atoms with Crippen LogP contribution in [-0.2, 0) is 11.4 Å². The van der Waals surface area contributed by atoms with Gasteiger partial charge in [-0.15, -0.1) is 11.8 Å². The molecule has 1 amide bonds. The molecule has 2 heterocycles. The first-order valence-corrected chi connectivity index (χ1v) is 9.59. The Hall–Kier alpha value is -2.80. The van der Waals surface area contributed by atoms with Crippen LogP contribution in [0, 0.1) is 12.7 Å². The van der Waals surface area contributed by atoms with Crippen LogP contribution >= 0.6 is 11.8 Å². The number of rotatable bonds is 4. The number of H-pyrrole nitrogens is 1. The third-order valence-corrected chi connectivity index (χ3v) is 5.70. The quantitative estimate of drug-likeness (QED) is 0.708. The number of nitrogens with one attached hydrogen (secondary N) is 2. The van der Waals surface area contributed by atoms with Crippen LogP contribution in [0.15, 0.2) is 48.5 Å². The van der Waals surface area contributed by atoms with Crippen LogP contribution in [0.3, 0.4) is 0 Å². The van der Waals surface area contributed by atoms with Crippen molar-refractivity contribution in [1.82, 2.24) is 10.2 Å². The minimum atomic E-state index is -0.274. The minimum Gasteiger partial charge on any atom is -0.489 e. The lowest BCUT2D eigenvalue weighted by Crippen LogP contribution is -2.12. The van der Waals surface area contributed by atoms with Crippen LogP contribution in [0.4, 0.5) is 10.2 Å². The van der Waals surface area contributed by atoms with E-state index in [0.717, 1.165) is 16.8 Å². The Labute approximate surface area is 160 Å². The number of ether oxygens (including phenoxy) is 1. The molecule has 1 atom stereocenters. The first-order chi connectivity index (χ1) is 13.1. The van der Waals surface area contributed by atoms with Gasteiger partial charge in [-0.2, -0.15) is 5.10 Å². The molecule has 0 fully saturated rings. The summed E-state index contributed by atoms with van der Waals surface area (Å²) >= 11 is 1.56. The molecule has 0 unspecified atom stereocenters. The molecule has 3 aromatic rings. The summed E-state index contributed by atoms with van der Waals surface area (Å²) in [5, 5.41) is 9.98. The summed E-state index contributed by atoms with van der Waals surface area (Å²) in [5.74, 6) is 1.29. The second-order valence-corrected chi connectivity index (χ2v) is 7.39. The normalized spacial score (nSPS) is 16.4. The van der Waals surface area contributed by atoms with E-state index in [-0.39, 0.29) is 23.6 Å². The number of aromatic nitrogens is 2. The van der Waals surface area contributed by atoms with Crippen molar-refractivity contribution in [1.29, 1.82) is 0 Å². The van der Waals surface area contributed by atoms with Gasteiger partial charge in [-0.1, -0.05) is 30.3 Å². The van der Waals surface area contributed by atoms with Gasteiger partial charge in [0.1, 0.15) is 18.2 Å². The molecule has 0 saturated carbocycles. The Bertz CT molecular complexity index is 972. The van der Waals surface area contributed by atoms with Gasteiger partial charge in [0.2, 0.25) is 5.91 Å². The Kier molecular flexibility index (Phi) is 4.85. The molecule has 4 rings (SSSR count). The van der Waals surface area contributed by atoms with Gasteiger partial charge in [0.15, 0.2) is 5.82 Å². The van der Waals surface area contributed by atoms with Gasteiger partial charge in [-0.05, 0) is 30.7 Å². The third-order valence-electron chi connectivity index (χ3n) is 4.43. The summed E-state index contributed by atoms with van der Waals surface area (Å²) in [6.07, 6.45) is 0. The lowest BCUT2D eigenvalue weighted by molar-refractivity contribution is -0.113. The maximum Gasteiger partial charge on any atom is 0.235 e. The predicted molar refractivity (Wildman–Crippen MR) is 103 cm³/mol. The average molecular weight is 383 g/mol. The van der Waals surface area contributed by atoms with Crippen molar-refractivity contribution in [2.24, 2.45) is 0 Å². The number of carbonyl (C=O) groups is 1. The zero-order valence-corrected chi connectivity index (χ0v) is 15.5. The van der Waals surface area contributed by atoms with Crippen LogP contribution in [0.2, 0.25) is 0 Å². The van der Waals surface area contributed by atoms with Crippen molar-refractivity contribution >= 4 is 23.5 Å². The van der Waals surface area contributed by atoms with Crippen molar-refractivity contribution in [2.45, 2.75) is 18.8 Å². The van der Waals surface area contributed by atoms with Crippen molar-refractivity contribution in [2.75, 3.05) is 11.1 Å². The lowest BCUT2D eigenvalue weighted by atomic mass is 10.0. The van der Waals surface area contributed by atoms with Gasteiger partial charge in [0.25, 0.3) is 0 Å². The van der Waals surface area contributed by atoms with E-state index in [0.29, 0.717) is 22.9 Å². The highest BCUT2D eigenvalue weighted by atomic mass is 32.2. The molecule has 27 heavy (non-hydrogen) atoms. The van der Waals surface area contributed by atoms with Gasteiger partial charge in [0.05, 0.1) is 11.0 Å². The first-order valence-electron chi connectivity index (χ1n) is 8.54. The highest BCUT2D eigenvalue weighted by Gasteiger charge is 2.28. The molecule has 138 valence electrons. The molecule has 1 aromatic heterocycles. The zero-order valence-electron chi connectivity index (χ0n) is 14.7. The Morgan fingerprint density at radius 1 is 1.22 bits per heavy atom. The zero-order chi connectivity index (χ0) is 18.8. The Morgan fingerprint density at radius 2 is 2.00 bits per heavy atom. The standard InChI is InChI=1S/C20H18FN3O2S/c1-12-18-19(27-11-17(25)22-20(18)24-23-12)13-6-8-15(9-7-13)26-10-14-4-2-3-5-16(14)21/h2-9,19H,10-11H2,1H3,(H2,22,23,24,25)/t19-/m1/s1. The number of aromatic amines is 1. The Balaban J connectivity index is 1.53. The maximum absolute atomic E-state index is 13.7. The molecule has 0 aliphatic carbocycles. The number of amides is 1. The van der Waals surface area contributed by atoms with Crippen LogP contribution in [0.25, 0.3) is 0 Å². The largest absolute Gasteiger partial charge is 0.489 e. The number of benzene rings is 2. The molecule has 0 spiro atoms. The molecular weight excluding hydrogens is 365 g/mol. The summed E-state index contributed by atoms with van der Waals surface area (Å²) in [6.45, 7) is 2.12. The van der Waals surface area contributed by atoms with Gasteiger partial charge < -0.3 is 10.1 Å². The number of anilines is 1. The molecule has 0 saturated heterocycles. The number of halogens is 1. The van der Waals surface area contributed by atoms with E-state index in [4.69, 9.17) is 4.74 Å². The van der Waals surface area contributed by atoms with E-state index in [1.54, 1.807) is 30.0 Å². The smallest absolute Gasteiger partial charge is 0.235 e. The summed E-state index contributed by atoms with van der Waals surface area (Å²) in [5.41, 5.74) is 3.50. The number of fused-ring (bicyclic) bond motifs is 1. The fourth-order valence-electron chi connectivity index (χ4n) is 3.04. The molecule has 1 aliphatic rings.